The molecule has 1 aliphatic heterocycles. The molecule has 0 aliphatic carbocycles. The quantitative estimate of drug-likeness (QED) is 0.171. The zero-order valence-electron chi connectivity index (χ0n) is 25.9. The monoisotopic (exact) mass is 633 g/mol. The van der Waals surface area contributed by atoms with E-state index < -0.39 is 16.2 Å². The normalized spacial score (nSPS) is 14.5. The van der Waals surface area contributed by atoms with Crippen molar-refractivity contribution in [2.75, 3.05) is 28.2 Å². The van der Waals surface area contributed by atoms with Gasteiger partial charge < -0.3 is 14.4 Å². The molecule has 1 amide bonds. The van der Waals surface area contributed by atoms with Gasteiger partial charge >= 0.3 is 0 Å². The minimum absolute atomic E-state index is 0.00521. The van der Waals surface area contributed by atoms with Crippen LogP contribution in [0.5, 0.6) is 11.5 Å². The summed E-state index contributed by atoms with van der Waals surface area (Å²) in [6.07, 6.45) is -0.558. The van der Waals surface area contributed by atoms with Gasteiger partial charge in [0, 0.05) is 17.9 Å². The van der Waals surface area contributed by atoms with Gasteiger partial charge in [-0.3, -0.25) is 14.4 Å². The molecule has 1 N–H and O–H groups in total. The highest BCUT2D eigenvalue weighted by Gasteiger charge is 2.40. The number of sulfonamides is 1. The number of methoxy groups -OCH3 is 1. The van der Waals surface area contributed by atoms with Crippen molar-refractivity contribution in [3.8, 4) is 11.5 Å². The molecule has 0 unspecified atom stereocenters. The zero-order valence-corrected chi connectivity index (χ0v) is 26.7. The summed E-state index contributed by atoms with van der Waals surface area (Å²) in [7, 11) is -2.38. The van der Waals surface area contributed by atoms with Crippen molar-refractivity contribution in [3.05, 3.63) is 144 Å². The first-order valence-corrected chi connectivity index (χ1v) is 16.5. The number of ether oxygens (including phenoxy) is 2. The molecule has 0 radical (unpaired) electrons. The lowest BCUT2D eigenvalue weighted by molar-refractivity contribution is 0.0968. The first kappa shape index (κ1) is 30.7. The third-order valence-electron chi connectivity index (χ3n) is 7.92. The summed E-state index contributed by atoms with van der Waals surface area (Å²) in [5.74, 6) is 1.06. The number of carbonyl (C=O) groups is 1. The molecule has 8 nitrogen and oxygen atoms in total. The fourth-order valence-electron chi connectivity index (χ4n) is 5.64. The molecule has 5 aromatic rings. The molecule has 1 aliphatic rings. The number of amides is 1. The minimum Gasteiger partial charge on any atom is -0.497 e. The maximum atomic E-state index is 14.6. The summed E-state index contributed by atoms with van der Waals surface area (Å²) >= 11 is 0. The van der Waals surface area contributed by atoms with E-state index in [0.717, 1.165) is 16.7 Å². The summed E-state index contributed by atoms with van der Waals surface area (Å²) in [5.41, 5.74) is 4.90. The van der Waals surface area contributed by atoms with Crippen LogP contribution in [-0.4, -0.2) is 28.0 Å². The maximum Gasteiger partial charge on any atom is 0.262 e. The highest BCUT2D eigenvalue weighted by molar-refractivity contribution is 7.92. The Hall–Kier alpha value is -5.28. The minimum atomic E-state index is -4.00. The van der Waals surface area contributed by atoms with E-state index in [4.69, 9.17) is 9.47 Å². The largest absolute Gasteiger partial charge is 0.497 e. The Labute approximate surface area is 269 Å². The van der Waals surface area contributed by atoms with E-state index in [9.17, 15) is 13.2 Å². The molecule has 5 aromatic carbocycles. The van der Waals surface area contributed by atoms with Crippen LogP contribution in [0.15, 0.2) is 126 Å². The van der Waals surface area contributed by atoms with Gasteiger partial charge in [-0.1, -0.05) is 60.2 Å². The van der Waals surface area contributed by atoms with Gasteiger partial charge in [-0.05, 0) is 91.7 Å². The number of hydrogen-bond donors (Lipinski definition) is 1. The Morgan fingerprint density at radius 1 is 0.804 bits per heavy atom. The SMILES string of the molecule is CCOc1ccc(N2C(=O)c3cc(S(=O)(=O)Nc4ccc(C)cc4)ccc3N(Cc3ccccc3)[C@@H]2c2ccc(OC)cc2)cc1. The molecule has 0 aromatic heterocycles. The number of benzene rings is 5. The van der Waals surface area contributed by atoms with Crippen molar-refractivity contribution in [1.82, 2.24) is 0 Å². The molecule has 46 heavy (non-hydrogen) atoms. The Balaban J connectivity index is 1.51. The van der Waals surface area contributed by atoms with Crippen molar-refractivity contribution in [2.45, 2.75) is 31.5 Å². The van der Waals surface area contributed by atoms with Crippen LogP contribution in [0.3, 0.4) is 0 Å². The second-order valence-electron chi connectivity index (χ2n) is 11.0. The standard InChI is InChI=1S/C37H35N3O5S/c1-4-45-32-20-16-30(17-21-32)40-36(28-12-18-31(44-3)19-13-28)39(25-27-8-6-5-7-9-27)35-23-22-33(24-34(35)37(40)41)46(42,43)38-29-14-10-26(2)11-15-29/h5-24,36,38H,4,25H2,1-3H3/t36-/m0/s1. The number of carbonyl (C=O) groups excluding carboxylic acids is 1. The highest BCUT2D eigenvalue weighted by Crippen LogP contribution is 2.43. The number of fused-ring (bicyclic) bond motifs is 1. The van der Waals surface area contributed by atoms with E-state index in [0.29, 0.717) is 41.7 Å². The molecule has 0 spiro atoms. The van der Waals surface area contributed by atoms with Crippen molar-refractivity contribution < 1.29 is 22.7 Å². The molecule has 0 saturated carbocycles. The number of rotatable bonds is 10. The van der Waals surface area contributed by atoms with Crippen LogP contribution in [0.1, 0.15) is 40.1 Å². The summed E-state index contributed by atoms with van der Waals surface area (Å²) in [5, 5.41) is 0. The molecule has 1 heterocycles. The Morgan fingerprint density at radius 2 is 1.48 bits per heavy atom. The van der Waals surface area contributed by atoms with Gasteiger partial charge in [0.05, 0.1) is 29.9 Å². The lowest BCUT2D eigenvalue weighted by Gasteiger charge is -2.46. The van der Waals surface area contributed by atoms with Crippen LogP contribution < -0.4 is 24.0 Å². The van der Waals surface area contributed by atoms with E-state index in [1.807, 2.05) is 105 Å². The molecule has 1 atom stereocenters. The first-order valence-electron chi connectivity index (χ1n) is 15.0. The molecule has 234 valence electrons. The Morgan fingerprint density at radius 3 is 2.13 bits per heavy atom. The molecule has 0 bridgehead atoms. The first-order chi connectivity index (χ1) is 22.3. The summed E-state index contributed by atoms with van der Waals surface area (Å²) in [6.45, 7) is 4.82. The topological polar surface area (TPSA) is 88.2 Å². The molecule has 0 fully saturated rings. The summed E-state index contributed by atoms with van der Waals surface area (Å²) in [4.78, 5) is 18.5. The van der Waals surface area contributed by atoms with E-state index >= 15 is 0 Å². The number of hydrogen-bond acceptors (Lipinski definition) is 6. The summed E-state index contributed by atoms with van der Waals surface area (Å²) < 4.78 is 40.9. The van der Waals surface area contributed by atoms with Gasteiger partial charge in [0.25, 0.3) is 15.9 Å². The van der Waals surface area contributed by atoms with Gasteiger partial charge in [0.1, 0.15) is 17.7 Å². The van der Waals surface area contributed by atoms with Crippen LogP contribution in [0.4, 0.5) is 17.1 Å². The second kappa shape index (κ2) is 13.0. The fourth-order valence-corrected chi connectivity index (χ4v) is 6.72. The van der Waals surface area contributed by atoms with Gasteiger partial charge in [0.2, 0.25) is 0 Å². The van der Waals surface area contributed by atoms with E-state index in [2.05, 4.69) is 9.62 Å². The van der Waals surface area contributed by atoms with Crippen LogP contribution in [0.25, 0.3) is 0 Å². The van der Waals surface area contributed by atoms with E-state index in [1.54, 1.807) is 36.3 Å². The third kappa shape index (κ3) is 6.27. The van der Waals surface area contributed by atoms with Gasteiger partial charge in [-0.15, -0.1) is 0 Å². The maximum absolute atomic E-state index is 14.6. The lowest BCUT2D eigenvalue weighted by atomic mass is 9.99. The average Bonchev–Trinajstić information content (AvgIpc) is 3.08. The molecule has 6 rings (SSSR count). The van der Waals surface area contributed by atoms with Gasteiger partial charge in [0.15, 0.2) is 0 Å². The average molecular weight is 634 g/mol. The van der Waals surface area contributed by atoms with Crippen LogP contribution >= 0.6 is 0 Å². The van der Waals surface area contributed by atoms with Crippen molar-refractivity contribution in [3.63, 3.8) is 0 Å². The zero-order chi connectivity index (χ0) is 32.3. The van der Waals surface area contributed by atoms with E-state index in [-0.39, 0.29) is 16.4 Å². The Kier molecular flexibility index (Phi) is 8.68. The number of nitrogens with one attached hydrogen (secondary N) is 1. The van der Waals surface area contributed by atoms with Crippen molar-refractivity contribution in [1.29, 1.82) is 0 Å². The third-order valence-corrected chi connectivity index (χ3v) is 9.30. The summed E-state index contributed by atoms with van der Waals surface area (Å²) in [6, 6.07) is 36.9. The number of nitrogens with zero attached hydrogens (tertiary/aromatic N) is 2. The van der Waals surface area contributed by atoms with Crippen LogP contribution in [0.2, 0.25) is 0 Å². The highest BCUT2D eigenvalue weighted by atomic mass is 32.2. The predicted octanol–water partition coefficient (Wildman–Crippen LogP) is 7.57. The van der Waals surface area contributed by atoms with Gasteiger partial charge in [-0.2, -0.15) is 0 Å². The fraction of sp³-hybridized carbons (Fsp3) is 0.162. The second-order valence-corrected chi connectivity index (χ2v) is 12.7. The molecule has 0 saturated heterocycles. The molecular weight excluding hydrogens is 598 g/mol. The van der Waals surface area contributed by atoms with Crippen LogP contribution in [-0.2, 0) is 16.6 Å². The van der Waals surface area contributed by atoms with E-state index in [1.165, 1.54) is 6.07 Å². The Bertz CT molecular complexity index is 1930. The van der Waals surface area contributed by atoms with Crippen molar-refractivity contribution >= 4 is 33.0 Å². The van der Waals surface area contributed by atoms with Gasteiger partial charge in [-0.25, -0.2) is 8.42 Å². The molecule has 9 heteroatoms. The molecular formula is C37H35N3O5S. The van der Waals surface area contributed by atoms with Crippen molar-refractivity contribution in [2.24, 2.45) is 0 Å². The van der Waals surface area contributed by atoms with Crippen LogP contribution in [0, 0.1) is 6.92 Å². The number of anilines is 3. The number of aryl methyl sites for hydroxylation is 1. The lowest BCUT2D eigenvalue weighted by Crippen LogP contribution is -2.49. The predicted molar refractivity (Wildman–Crippen MR) is 181 cm³/mol. The smallest absolute Gasteiger partial charge is 0.262 e.